The van der Waals surface area contributed by atoms with Crippen molar-refractivity contribution in [2.24, 2.45) is 5.92 Å². The van der Waals surface area contributed by atoms with Crippen LogP contribution in [0.2, 0.25) is 0 Å². The maximum absolute atomic E-state index is 12.7. The van der Waals surface area contributed by atoms with Crippen LogP contribution in [0.4, 0.5) is 0 Å². The van der Waals surface area contributed by atoms with Crippen LogP contribution in [0.25, 0.3) is 0 Å². The van der Waals surface area contributed by atoms with Crippen LogP contribution in [0.5, 0.6) is 11.5 Å². The van der Waals surface area contributed by atoms with E-state index < -0.39 is 0 Å². The molecule has 2 rings (SSSR count). The van der Waals surface area contributed by atoms with Crippen molar-refractivity contribution in [3.63, 3.8) is 0 Å². The first kappa shape index (κ1) is 18.3. The van der Waals surface area contributed by atoms with Gasteiger partial charge in [0.2, 0.25) is 0 Å². The Hall–Kier alpha value is -2.01. The monoisotopic (exact) mass is 332 g/mol. The van der Waals surface area contributed by atoms with Crippen LogP contribution in [-0.4, -0.2) is 62.1 Å². The molecule has 0 N–H and O–H groups in total. The molecule has 5 heteroatoms. The highest BCUT2D eigenvalue weighted by Crippen LogP contribution is 2.28. The first-order valence-corrected chi connectivity index (χ1v) is 8.48. The summed E-state index contributed by atoms with van der Waals surface area (Å²) in [7, 11) is 1.58. The maximum Gasteiger partial charge on any atom is 0.254 e. The van der Waals surface area contributed by atoms with E-state index in [2.05, 4.69) is 25.3 Å². The lowest BCUT2D eigenvalue weighted by Gasteiger charge is -2.35. The molecule has 0 aliphatic carbocycles. The zero-order chi connectivity index (χ0) is 17.5. The predicted octanol–water partition coefficient (Wildman–Crippen LogP) is 2.67. The highest BCUT2D eigenvalue weighted by Gasteiger charge is 2.23. The van der Waals surface area contributed by atoms with Gasteiger partial charge in [0.05, 0.1) is 7.11 Å². The molecule has 1 fully saturated rings. The van der Waals surface area contributed by atoms with Crippen molar-refractivity contribution in [3.8, 4) is 11.5 Å². The molecule has 1 saturated heterocycles. The summed E-state index contributed by atoms with van der Waals surface area (Å²) in [6.07, 6.45) is 1.68. The molecule has 0 saturated carbocycles. The standard InChI is InChI=1S/C19H28N2O3/c1-5-12-24-17-7-6-16(13-18(17)23-4)19(22)21-10-8-20(9-11-21)14-15(2)3/h5-7,13,15H,1,8-12,14H2,2-4H3. The van der Waals surface area contributed by atoms with E-state index in [9.17, 15) is 4.79 Å². The number of benzene rings is 1. The molecule has 1 aliphatic heterocycles. The van der Waals surface area contributed by atoms with Crippen molar-refractivity contribution < 1.29 is 14.3 Å². The van der Waals surface area contributed by atoms with E-state index in [0.717, 1.165) is 32.7 Å². The Kier molecular flexibility index (Phi) is 6.67. The lowest BCUT2D eigenvalue weighted by atomic mass is 10.1. The number of carbonyl (C=O) groups is 1. The second-order valence-corrected chi connectivity index (χ2v) is 6.45. The van der Waals surface area contributed by atoms with Crippen LogP contribution < -0.4 is 9.47 Å². The van der Waals surface area contributed by atoms with Crippen molar-refractivity contribution in [3.05, 3.63) is 36.4 Å². The molecular weight excluding hydrogens is 304 g/mol. The van der Waals surface area contributed by atoms with Crippen molar-refractivity contribution >= 4 is 5.91 Å². The fourth-order valence-electron chi connectivity index (χ4n) is 2.90. The van der Waals surface area contributed by atoms with Crippen LogP contribution >= 0.6 is 0 Å². The second kappa shape index (κ2) is 8.73. The molecule has 1 heterocycles. The van der Waals surface area contributed by atoms with Gasteiger partial charge in [0, 0.05) is 38.3 Å². The van der Waals surface area contributed by atoms with Gasteiger partial charge in [0.1, 0.15) is 6.61 Å². The lowest BCUT2D eigenvalue weighted by molar-refractivity contribution is 0.0623. The molecular formula is C19H28N2O3. The van der Waals surface area contributed by atoms with Crippen LogP contribution in [0.15, 0.2) is 30.9 Å². The fourth-order valence-corrected chi connectivity index (χ4v) is 2.90. The zero-order valence-electron chi connectivity index (χ0n) is 15.0. The van der Waals surface area contributed by atoms with Gasteiger partial charge in [-0.3, -0.25) is 9.69 Å². The summed E-state index contributed by atoms with van der Waals surface area (Å²) in [6.45, 7) is 13.0. The van der Waals surface area contributed by atoms with E-state index >= 15 is 0 Å². The average Bonchev–Trinajstić information content (AvgIpc) is 2.59. The molecule has 5 nitrogen and oxygen atoms in total. The quantitative estimate of drug-likeness (QED) is 0.720. The van der Waals surface area contributed by atoms with Crippen LogP contribution in [0.1, 0.15) is 24.2 Å². The third-order valence-electron chi connectivity index (χ3n) is 4.05. The van der Waals surface area contributed by atoms with Crippen molar-refractivity contribution in [2.75, 3.05) is 46.4 Å². The van der Waals surface area contributed by atoms with E-state index in [0.29, 0.717) is 29.6 Å². The number of nitrogens with zero attached hydrogens (tertiary/aromatic N) is 2. The third kappa shape index (κ3) is 4.74. The molecule has 1 amide bonds. The van der Waals surface area contributed by atoms with Gasteiger partial charge in [-0.05, 0) is 24.1 Å². The van der Waals surface area contributed by atoms with Crippen LogP contribution in [-0.2, 0) is 0 Å². The molecule has 1 aromatic rings. The Morgan fingerprint density at radius 2 is 1.96 bits per heavy atom. The number of rotatable bonds is 7. The fraction of sp³-hybridized carbons (Fsp3) is 0.526. The molecule has 0 bridgehead atoms. The van der Waals surface area contributed by atoms with E-state index in [-0.39, 0.29) is 5.91 Å². The van der Waals surface area contributed by atoms with Gasteiger partial charge in [-0.15, -0.1) is 0 Å². The van der Waals surface area contributed by atoms with E-state index in [1.54, 1.807) is 31.4 Å². The number of hydrogen-bond donors (Lipinski definition) is 0. The summed E-state index contributed by atoms with van der Waals surface area (Å²) in [5.41, 5.74) is 0.634. The Labute approximate surface area is 144 Å². The number of hydrogen-bond acceptors (Lipinski definition) is 4. The Bertz CT molecular complexity index is 564. The first-order chi connectivity index (χ1) is 11.5. The van der Waals surface area contributed by atoms with Gasteiger partial charge < -0.3 is 14.4 Å². The molecule has 132 valence electrons. The summed E-state index contributed by atoms with van der Waals surface area (Å²) in [5.74, 6) is 1.89. The van der Waals surface area contributed by atoms with Crippen molar-refractivity contribution in [2.45, 2.75) is 13.8 Å². The average molecular weight is 332 g/mol. The minimum absolute atomic E-state index is 0.0489. The highest BCUT2D eigenvalue weighted by atomic mass is 16.5. The van der Waals surface area contributed by atoms with Crippen molar-refractivity contribution in [1.29, 1.82) is 0 Å². The second-order valence-electron chi connectivity index (χ2n) is 6.45. The lowest BCUT2D eigenvalue weighted by Crippen LogP contribution is -2.49. The topological polar surface area (TPSA) is 42.0 Å². The molecule has 0 atom stereocenters. The van der Waals surface area contributed by atoms with Gasteiger partial charge in [0.25, 0.3) is 5.91 Å². The van der Waals surface area contributed by atoms with Crippen LogP contribution in [0.3, 0.4) is 0 Å². The third-order valence-corrected chi connectivity index (χ3v) is 4.05. The van der Waals surface area contributed by atoms with Gasteiger partial charge in [-0.25, -0.2) is 0 Å². The molecule has 1 aromatic carbocycles. The van der Waals surface area contributed by atoms with Gasteiger partial charge in [0.15, 0.2) is 11.5 Å². The zero-order valence-corrected chi connectivity index (χ0v) is 15.0. The number of carbonyl (C=O) groups excluding carboxylic acids is 1. The Morgan fingerprint density at radius 1 is 1.25 bits per heavy atom. The summed E-state index contributed by atoms with van der Waals surface area (Å²) < 4.78 is 10.9. The molecule has 0 unspecified atom stereocenters. The number of ether oxygens (including phenoxy) is 2. The number of amides is 1. The number of methoxy groups -OCH3 is 1. The van der Waals surface area contributed by atoms with E-state index in [1.165, 1.54) is 0 Å². The summed E-state index contributed by atoms with van der Waals surface area (Å²) in [5, 5.41) is 0. The van der Waals surface area contributed by atoms with E-state index in [4.69, 9.17) is 9.47 Å². The SMILES string of the molecule is C=CCOc1ccc(C(=O)N2CCN(CC(C)C)CC2)cc1OC. The van der Waals surface area contributed by atoms with E-state index in [1.807, 2.05) is 4.90 Å². The van der Waals surface area contributed by atoms with Crippen LogP contribution in [0, 0.1) is 5.92 Å². The van der Waals surface area contributed by atoms with Gasteiger partial charge >= 0.3 is 0 Å². The summed E-state index contributed by atoms with van der Waals surface area (Å²) >= 11 is 0. The van der Waals surface area contributed by atoms with Crippen molar-refractivity contribution in [1.82, 2.24) is 9.80 Å². The highest BCUT2D eigenvalue weighted by molar-refractivity contribution is 5.95. The summed E-state index contributed by atoms with van der Waals surface area (Å²) in [6, 6.07) is 5.33. The minimum atomic E-state index is 0.0489. The largest absolute Gasteiger partial charge is 0.493 e. The first-order valence-electron chi connectivity index (χ1n) is 8.48. The number of piperazine rings is 1. The minimum Gasteiger partial charge on any atom is -0.493 e. The molecule has 1 aliphatic rings. The predicted molar refractivity (Wildman–Crippen MR) is 95.9 cm³/mol. The molecule has 0 radical (unpaired) electrons. The molecule has 0 spiro atoms. The Balaban J connectivity index is 2.01. The normalized spacial score (nSPS) is 15.4. The maximum atomic E-state index is 12.7. The smallest absolute Gasteiger partial charge is 0.254 e. The van der Waals surface area contributed by atoms with Gasteiger partial charge in [-0.1, -0.05) is 26.5 Å². The molecule has 24 heavy (non-hydrogen) atoms. The Morgan fingerprint density at radius 3 is 2.54 bits per heavy atom. The molecule has 0 aromatic heterocycles. The summed E-state index contributed by atoms with van der Waals surface area (Å²) in [4.78, 5) is 17.0. The van der Waals surface area contributed by atoms with Gasteiger partial charge in [-0.2, -0.15) is 0 Å².